The summed E-state index contributed by atoms with van der Waals surface area (Å²) in [5, 5.41) is 3.35. The van der Waals surface area contributed by atoms with Crippen LogP contribution in [0.15, 0.2) is 46.9 Å². The van der Waals surface area contributed by atoms with Crippen molar-refractivity contribution in [2.24, 2.45) is 0 Å². The van der Waals surface area contributed by atoms with Gasteiger partial charge in [0.15, 0.2) is 0 Å². The van der Waals surface area contributed by atoms with Gasteiger partial charge in [0.05, 0.1) is 6.61 Å². The number of hydrogen-bond acceptors (Lipinski definition) is 3. The molecule has 0 bridgehead atoms. The summed E-state index contributed by atoms with van der Waals surface area (Å²) >= 11 is 3.52. The molecule has 3 nitrogen and oxygen atoms in total. The van der Waals surface area contributed by atoms with E-state index >= 15 is 0 Å². The summed E-state index contributed by atoms with van der Waals surface area (Å²) in [6, 6.07) is 14.5. The van der Waals surface area contributed by atoms with E-state index in [1.165, 1.54) is 11.1 Å². The van der Waals surface area contributed by atoms with E-state index < -0.39 is 0 Å². The first kappa shape index (κ1) is 17.0. The molecule has 2 rings (SSSR count). The Balaban J connectivity index is 1.99. The van der Waals surface area contributed by atoms with Crippen molar-refractivity contribution < 1.29 is 9.47 Å². The van der Waals surface area contributed by atoms with Crippen molar-refractivity contribution >= 4 is 15.9 Å². The van der Waals surface area contributed by atoms with E-state index in [-0.39, 0.29) is 0 Å². The summed E-state index contributed by atoms with van der Waals surface area (Å²) in [6.45, 7) is 4.95. The van der Waals surface area contributed by atoms with E-state index in [0.717, 1.165) is 28.9 Å². The van der Waals surface area contributed by atoms with E-state index in [0.29, 0.717) is 13.2 Å². The lowest BCUT2D eigenvalue weighted by Gasteiger charge is -2.13. The number of rotatable bonds is 8. The molecule has 0 amide bonds. The lowest BCUT2D eigenvalue weighted by atomic mass is 10.1. The third kappa shape index (κ3) is 5.44. The van der Waals surface area contributed by atoms with Crippen LogP contribution in [0.4, 0.5) is 0 Å². The molecule has 0 unspecified atom stereocenters. The first-order valence-electron chi connectivity index (χ1n) is 7.35. The molecule has 118 valence electrons. The molecule has 0 radical (unpaired) electrons. The molecular weight excluding hydrogens is 342 g/mol. The predicted molar refractivity (Wildman–Crippen MR) is 93.2 cm³/mol. The second-order valence-corrected chi connectivity index (χ2v) is 6.12. The van der Waals surface area contributed by atoms with Crippen LogP contribution in [0.25, 0.3) is 0 Å². The van der Waals surface area contributed by atoms with Crippen molar-refractivity contribution in [3.8, 4) is 5.75 Å². The highest BCUT2D eigenvalue weighted by atomic mass is 79.9. The number of methoxy groups -OCH3 is 1. The van der Waals surface area contributed by atoms with Crippen molar-refractivity contribution in [1.82, 2.24) is 5.32 Å². The molecule has 0 aliphatic heterocycles. The highest BCUT2D eigenvalue weighted by Gasteiger charge is 2.05. The van der Waals surface area contributed by atoms with Crippen molar-refractivity contribution in [2.45, 2.75) is 20.1 Å². The van der Waals surface area contributed by atoms with Crippen LogP contribution < -0.4 is 10.1 Å². The van der Waals surface area contributed by atoms with Gasteiger partial charge in [-0.25, -0.2) is 0 Å². The fourth-order valence-electron chi connectivity index (χ4n) is 2.19. The van der Waals surface area contributed by atoms with E-state index in [2.05, 4.69) is 58.5 Å². The number of aryl methyl sites for hydroxylation is 1. The maximum atomic E-state index is 6.00. The van der Waals surface area contributed by atoms with Gasteiger partial charge in [0.2, 0.25) is 0 Å². The van der Waals surface area contributed by atoms with Crippen LogP contribution in [-0.2, 0) is 17.9 Å². The molecular formula is C18H22BrNO2. The number of benzene rings is 2. The number of ether oxygens (including phenoxy) is 2. The minimum absolute atomic E-state index is 0.578. The molecule has 0 saturated carbocycles. The van der Waals surface area contributed by atoms with E-state index in [4.69, 9.17) is 9.47 Å². The van der Waals surface area contributed by atoms with Gasteiger partial charge in [0.25, 0.3) is 0 Å². The summed E-state index contributed by atoms with van der Waals surface area (Å²) in [4.78, 5) is 0. The Morgan fingerprint density at radius 1 is 1.14 bits per heavy atom. The molecule has 4 heteroatoms. The molecule has 0 saturated heterocycles. The minimum Gasteiger partial charge on any atom is -0.489 e. The normalized spacial score (nSPS) is 10.7. The van der Waals surface area contributed by atoms with Gasteiger partial charge in [-0.2, -0.15) is 0 Å². The van der Waals surface area contributed by atoms with E-state index in [1.54, 1.807) is 7.11 Å². The summed E-state index contributed by atoms with van der Waals surface area (Å²) in [7, 11) is 1.71. The Morgan fingerprint density at radius 2 is 2.00 bits per heavy atom. The van der Waals surface area contributed by atoms with Gasteiger partial charge in [-0.15, -0.1) is 0 Å². The summed E-state index contributed by atoms with van der Waals surface area (Å²) < 4.78 is 12.1. The zero-order valence-electron chi connectivity index (χ0n) is 13.1. The molecule has 0 heterocycles. The van der Waals surface area contributed by atoms with Gasteiger partial charge < -0.3 is 14.8 Å². The van der Waals surface area contributed by atoms with Gasteiger partial charge in [0, 0.05) is 30.2 Å². The fraction of sp³-hybridized carbons (Fsp3) is 0.333. The first-order chi connectivity index (χ1) is 10.7. The van der Waals surface area contributed by atoms with Gasteiger partial charge in [-0.05, 0) is 30.7 Å². The van der Waals surface area contributed by atoms with Crippen LogP contribution >= 0.6 is 15.9 Å². The molecule has 0 aliphatic carbocycles. The highest BCUT2D eigenvalue weighted by Crippen LogP contribution is 2.24. The topological polar surface area (TPSA) is 30.5 Å². The van der Waals surface area contributed by atoms with Gasteiger partial charge >= 0.3 is 0 Å². The van der Waals surface area contributed by atoms with Crippen LogP contribution in [0.2, 0.25) is 0 Å². The minimum atomic E-state index is 0.578. The van der Waals surface area contributed by atoms with Crippen LogP contribution in [-0.4, -0.2) is 20.3 Å². The Morgan fingerprint density at radius 3 is 2.77 bits per heavy atom. The largest absolute Gasteiger partial charge is 0.489 e. The molecule has 2 aromatic carbocycles. The first-order valence-corrected chi connectivity index (χ1v) is 8.15. The SMILES string of the molecule is COCCNCc1cc(Br)ccc1OCc1cccc(C)c1. The third-order valence-electron chi connectivity index (χ3n) is 3.30. The Kier molecular flexibility index (Phi) is 6.90. The fourth-order valence-corrected chi connectivity index (χ4v) is 2.60. The Hall–Kier alpha value is -1.36. The Bertz CT molecular complexity index is 601. The predicted octanol–water partition coefficient (Wildman–Crippen LogP) is 4.07. The standard InChI is InChI=1S/C18H22BrNO2/c1-14-4-3-5-15(10-14)13-22-18-7-6-17(19)11-16(18)12-20-8-9-21-2/h3-7,10-11,20H,8-9,12-13H2,1-2H3. The van der Waals surface area contributed by atoms with Gasteiger partial charge in [0.1, 0.15) is 12.4 Å². The molecule has 2 aromatic rings. The van der Waals surface area contributed by atoms with Crippen molar-refractivity contribution in [2.75, 3.05) is 20.3 Å². The molecule has 22 heavy (non-hydrogen) atoms. The quantitative estimate of drug-likeness (QED) is 0.717. The molecule has 0 aromatic heterocycles. The van der Waals surface area contributed by atoms with Gasteiger partial charge in [-0.3, -0.25) is 0 Å². The maximum Gasteiger partial charge on any atom is 0.124 e. The number of hydrogen-bond donors (Lipinski definition) is 1. The lowest BCUT2D eigenvalue weighted by molar-refractivity contribution is 0.199. The molecule has 0 fully saturated rings. The van der Waals surface area contributed by atoms with Crippen LogP contribution in [0.1, 0.15) is 16.7 Å². The molecule has 1 N–H and O–H groups in total. The van der Waals surface area contributed by atoms with Crippen molar-refractivity contribution in [3.63, 3.8) is 0 Å². The monoisotopic (exact) mass is 363 g/mol. The average molecular weight is 364 g/mol. The number of halogens is 1. The maximum absolute atomic E-state index is 6.00. The van der Waals surface area contributed by atoms with Gasteiger partial charge in [-0.1, -0.05) is 45.8 Å². The average Bonchev–Trinajstić information content (AvgIpc) is 2.51. The van der Waals surface area contributed by atoms with Crippen LogP contribution in [0.5, 0.6) is 5.75 Å². The summed E-state index contributed by atoms with van der Waals surface area (Å²) in [5.41, 5.74) is 3.57. The lowest BCUT2D eigenvalue weighted by Crippen LogP contribution is -2.19. The zero-order valence-corrected chi connectivity index (χ0v) is 14.7. The van der Waals surface area contributed by atoms with E-state index in [1.807, 2.05) is 12.1 Å². The van der Waals surface area contributed by atoms with Crippen molar-refractivity contribution in [1.29, 1.82) is 0 Å². The second kappa shape index (κ2) is 8.93. The Labute approximate surface area is 140 Å². The smallest absolute Gasteiger partial charge is 0.124 e. The molecule has 0 spiro atoms. The molecule has 0 atom stereocenters. The number of nitrogens with one attached hydrogen (secondary N) is 1. The third-order valence-corrected chi connectivity index (χ3v) is 3.79. The van der Waals surface area contributed by atoms with Crippen LogP contribution in [0.3, 0.4) is 0 Å². The summed E-state index contributed by atoms with van der Waals surface area (Å²) in [6.07, 6.45) is 0. The van der Waals surface area contributed by atoms with E-state index in [9.17, 15) is 0 Å². The van der Waals surface area contributed by atoms with Crippen molar-refractivity contribution in [3.05, 3.63) is 63.6 Å². The van der Waals surface area contributed by atoms with Crippen LogP contribution in [0, 0.1) is 6.92 Å². The summed E-state index contributed by atoms with van der Waals surface area (Å²) in [5.74, 6) is 0.912. The zero-order chi connectivity index (χ0) is 15.8. The molecule has 0 aliphatic rings. The highest BCUT2D eigenvalue weighted by molar-refractivity contribution is 9.10. The second-order valence-electron chi connectivity index (χ2n) is 5.20.